The highest BCUT2D eigenvalue weighted by Crippen LogP contribution is 2.21. The fourth-order valence-corrected chi connectivity index (χ4v) is 2.83. The van der Waals surface area contributed by atoms with E-state index in [-0.39, 0.29) is 23.3 Å². The minimum Gasteiger partial charge on any atom is -0.303 e. The van der Waals surface area contributed by atoms with Crippen molar-refractivity contribution in [3.05, 3.63) is 35.7 Å². The summed E-state index contributed by atoms with van der Waals surface area (Å²) >= 11 is 0. The van der Waals surface area contributed by atoms with E-state index in [0.29, 0.717) is 16.7 Å². The van der Waals surface area contributed by atoms with E-state index >= 15 is 0 Å². The monoisotopic (exact) mass is 378 g/mol. The second-order valence-corrected chi connectivity index (χ2v) is 6.89. The molecule has 1 aromatic carbocycles. The van der Waals surface area contributed by atoms with Crippen molar-refractivity contribution in [1.82, 2.24) is 25.5 Å². The second-order valence-electron chi connectivity index (χ2n) is 5.33. The quantitative estimate of drug-likeness (QED) is 0.746. The summed E-state index contributed by atoms with van der Waals surface area (Å²) in [5, 5.41) is 18.3. The van der Waals surface area contributed by atoms with Crippen molar-refractivity contribution >= 4 is 10.0 Å². The number of rotatable bonds is 7. The zero-order chi connectivity index (χ0) is 18.7. The van der Waals surface area contributed by atoms with Crippen LogP contribution >= 0.6 is 0 Å². The summed E-state index contributed by atoms with van der Waals surface area (Å²) in [4.78, 5) is -0.0350. The van der Waals surface area contributed by atoms with Crippen LogP contribution < -0.4 is 10.5 Å². The normalized spacial score (nSPS) is 13.8. The van der Waals surface area contributed by atoms with Gasteiger partial charge in [-0.1, -0.05) is 19.1 Å². The molecule has 0 aliphatic heterocycles. The third-order valence-electron chi connectivity index (χ3n) is 3.44. The number of benzene rings is 1. The molecule has 0 aliphatic rings. The van der Waals surface area contributed by atoms with Gasteiger partial charge in [0, 0.05) is 6.04 Å². The first-order valence-corrected chi connectivity index (χ1v) is 8.82. The molecule has 1 heterocycles. The molecule has 3 N–H and O–H groups in total. The Labute approximate surface area is 142 Å². The highest BCUT2D eigenvalue weighted by Gasteiger charge is 2.30. The molecule has 0 bridgehead atoms. The number of primary sulfonamides is 1. The van der Waals surface area contributed by atoms with Gasteiger partial charge in [0.2, 0.25) is 10.0 Å². The van der Waals surface area contributed by atoms with Gasteiger partial charge in [0.1, 0.15) is 6.54 Å². The van der Waals surface area contributed by atoms with Crippen LogP contribution in [0, 0.1) is 0 Å². The number of halogens is 3. The molecule has 0 fully saturated rings. The van der Waals surface area contributed by atoms with E-state index in [1.165, 1.54) is 12.1 Å². The molecule has 8 nitrogen and oxygen atoms in total. The Morgan fingerprint density at radius 2 is 2.08 bits per heavy atom. The maximum Gasteiger partial charge on any atom is 0.408 e. The lowest BCUT2D eigenvalue weighted by Crippen LogP contribution is -2.26. The summed E-state index contributed by atoms with van der Waals surface area (Å²) in [7, 11) is -3.84. The lowest BCUT2D eigenvalue weighted by molar-refractivity contribution is -0.143. The molecule has 138 valence electrons. The number of alkyl halides is 3. The number of aromatic nitrogens is 4. The van der Waals surface area contributed by atoms with Crippen LogP contribution in [0.3, 0.4) is 0 Å². The molecule has 0 saturated carbocycles. The predicted molar refractivity (Wildman–Crippen MR) is 81.6 cm³/mol. The summed E-state index contributed by atoms with van der Waals surface area (Å²) in [5.74, 6) is 0.0263. The van der Waals surface area contributed by atoms with Gasteiger partial charge in [-0.05, 0) is 34.5 Å². The highest BCUT2D eigenvalue weighted by atomic mass is 32.2. The average Bonchev–Trinajstić information content (AvgIpc) is 2.92. The number of hydrogen-bond donors (Lipinski definition) is 2. The van der Waals surface area contributed by atoms with Gasteiger partial charge in [-0.3, -0.25) is 0 Å². The first-order chi connectivity index (χ1) is 11.6. The number of sulfonamides is 1. The van der Waals surface area contributed by atoms with Gasteiger partial charge in [-0.25, -0.2) is 18.2 Å². The summed E-state index contributed by atoms with van der Waals surface area (Å²) in [6.45, 7) is 0.551. The summed E-state index contributed by atoms with van der Waals surface area (Å²) in [6, 6.07) is 5.74. The van der Waals surface area contributed by atoms with Crippen LogP contribution in [-0.4, -0.2) is 34.8 Å². The van der Waals surface area contributed by atoms with Crippen molar-refractivity contribution in [1.29, 1.82) is 0 Å². The fraction of sp³-hybridized carbons (Fsp3) is 0.462. The van der Waals surface area contributed by atoms with Crippen LogP contribution in [0.5, 0.6) is 0 Å². The summed E-state index contributed by atoms with van der Waals surface area (Å²) in [6.07, 6.45) is -3.87. The first kappa shape index (κ1) is 19.3. The molecule has 1 aromatic heterocycles. The van der Waals surface area contributed by atoms with Crippen LogP contribution in [0.2, 0.25) is 0 Å². The minimum atomic E-state index is -4.43. The molecule has 25 heavy (non-hydrogen) atoms. The van der Waals surface area contributed by atoms with Crippen LogP contribution in [0.1, 0.15) is 30.8 Å². The van der Waals surface area contributed by atoms with E-state index in [1.807, 2.05) is 6.92 Å². The van der Waals surface area contributed by atoms with E-state index < -0.39 is 22.7 Å². The van der Waals surface area contributed by atoms with E-state index in [0.717, 1.165) is 0 Å². The number of hydrogen-bond acceptors (Lipinski definition) is 6. The number of nitrogens with two attached hydrogens (primary N) is 1. The van der Waals surface area contributed by atoms with E-state index in [1.54, 1.807) is 12.1 Å². The van der Waals surface area contributed by atoms with Gasteiger partial charge >= 0.3 is 6.18 Å². The topological polar surface area (TPSA) is 116 Å². The Morgan fingerprint density at radius 3 is 2.68 bits per heavy atom. The van der Waals surface area contributed by atoms with Gasteiger partial charge in [-0.15, -0.1) is 5.10 Å². The Balaban J connectivity index is 2.13. The molecule has 2 aromatic rings. The zero-order valence-corrected chi connectivity index (χ0v) is 14.0. The van der Waals surface area contributed by atoms with Crippen molar-refractivity contribution in [3.8, 4) is 0 Å². The second kappa shape index (κ2) is 7.45. The SMILES string of the molecule is CCC(NCc1nnnn1CC(F)(F)F)c1cccc(S(N)(=O)=O)c1. The molecule has 0 spiro atoms. The molecule has 1 atom stereocenters. The van der Waals surface area contributed by atoms with E-state index in [9.17, 15) is 21.6 Å². The van der Waals surface area contributed by atoms with Crippen LogP contribution in [-0.2, 0) is 23.1 Å². The largest absolute Gasteiger partial charge is 0.408 e. The molecule has 1 unspecified atom stereocenters. The standard InChI is InChI=1S/C13H17F3N6O2S/c1-2-11(9-4-3-5-10(6-9)25(17,23)24)18-7-12-19-20-21-22(12)8-13(14,15)16/h3-6,11,18H,2,7-8H2,1H3,(H2,17,23,24). The van der Waals surface area contributed by atoms with Crippen molar-refractivity contribution < 1.29 is 21.6 Å². The lowest BCUT2D eigenvalue weighted by Gasteiger charge is -2.18. The molecule has 0 saturated heterocycles. The smallest absolute Gasteiger partial charge is 0.303 e. The van der Waals surface area contributed by atoms with Gasteiger partial charge in [0.15, 0.2) is 5.82 Å². The summed E-state index contributed by atoms with van der Waals surface area (Å²) < 4.78 is 61.0. The molecule has 0 amide bonds. The van der Waals surface area contributed by atoms with Crippen LogP contribution in [0.15, 0.2) is 29.2 Å². The van der Waals surface area contributed by atoms with E-state index in [4.69, 9.17) is 5.14 Å². The van der Waals surface area contributed by atoms with Crippen LogP contribution in [0.25, 0.3) is 0 Å². The molecule has 0 aliphatic carbocycles. The molecule has 2 rings (SSSR count). The van der Waals surface area contributed by atoms with Gasteiger partial charge in [0.25, 0.3) is 0 Å². The Morgan fingerprint density at radius 1 is 1.36 bits per heavy atom. The minimum absolute atomic E-state index is 0.0127. The van der Waals surface area contributed by atoms with Crippen molar-refractivity contribution in [3.63, 3.8) is 0 Å². The maximum absolute atomic E-state index is 12.5. The first-order valence-electron chi connectivity index (χ1n) is 7.28. The maximum atomic E-state index is 12.5. The third kappa shape index (κ3) is 5.47. The van der Waals surface area contributed by atoms with Gasteiger partial charge in [-0.2, -0.15) is 13.2 Å². The molecule has 12 heteroatoms. The highest BCUT2D eigenvalue weighted by molar-refractivity contribution is 7.89. The van der Waals surface area contributed by atoms with Crippen molar-refractivity contribution in [2.75, 3.05) is 0 Å². The molecular formula is C13H17F3N6O2S. The number of nitrogens with one attached hydrogen (secondary N) is 1. The summed E-state index contributed by atoms with van der Waals surface area (Å²) in [5.41, 5.74) is 0.642. The average molecular weight is 378 g/mol. The molecular weight excluding hydrogens is 361 g/mol. The van der Waals surface area contributed by atoms with E-state index in [2.05, 4.69) is 20.8 Å². The van der Waals surface area contributed by atoms with Crippen molar-refractivity contribution in [2.45, 2.75) is 43.5 Å². The third-order valence-corrected chi connectivity index (χ3v) is 4.35. The zero-order valence-electron chi connectivity index (χ0n) is 13.2. The fourth-order valence-electron chi connectivity index (χ4n) is 2.26. The lowest BCUT2D eigenvalue weighted by atomic mass is 10.0. The van der Waals surface area contributed by atoms with Crippen LogP contribution in [0.4, 0.5) is 13.2 Å². The van der Waals surface area contributed by atoms with Crippen molar-refractivity contribution in [2.24, 2.45) is 5.14 Å². The number of nitrogens with zero attached hydrogens (tertiary/aromatic N) is 4. The van der Waals surface area contributed by atoms with Gasteiger partial charge < -0.3 is 5.32 Å². The van der Waals surface area contributed by atoms with Gasteiger partial charge in [0.05, 0.1) is 11.4 Å². The Hall–Kier alpha value is -2.05. The molecule has 0 radical (unpaired) electrons. The Bertz CT molecular complexity index is 821. The predicted octanol–water partition coefficient (Wildman–Crippen LogP) is 1.12. The number of tetrazole rings is 1. The Kier molecular flexibility index (Phi) is 5.75.